The van der Waals surface area contributed by atoms with Crippen molar-refractivity contribution < 1.29 is 0 Å². The maximum Gasteiger partial charge on any atom is 0.0262 e. The Kier molecular flexibility index (Phi) is 2.86. The molecule has 0 fully saturated rings. The molecule has 0 spiro atoms. The van der Waals surface area contributed by atoms with E-state index in [4.69, 9.17) is 0 Å². The molecule has 1 aliphatic carbocycles. The van der Waals surface area contributed by atoms with E-state index in [1.54, 1.807) is 0 Å². The zero-order valence-electron chi connectivity index (χ0n) is 5.30. The first kappa shape index (κ1) is 7.42. The molecular formula is C7H9BrS. The lowest BCUT2D eigenvalue weighted by Crippen LogP contribution is -1.97. The fourth-order valence-electron chi connectivity index (χ4n) is 0.749. The molecule has 1 rings (SSSR count). The van der Waals surface area contributed by atoms with Gasteiger partial charge in [0.2, 0.25) is 0 Å². The molecule has 9 heavy (non-hydrogen) atoms. The van der Waals surface area contributed by atoms with Gasteiger partial charge in [-0.15, -0.1) is 0 Å². The van der Waals surface area contributed by atoms with Crippen molar-refractivity contribution in [1.82, 2.24) is 0 Å². The molecule has 0 saturated carbocycles. The van der Waals surface area contributed by atoms with Gasteiger partial charge in [-0.05, 0) is 12.7 Å². The van der Waals surface area contributed by atoms with Crippen LogP contribution in [0.1, 0.15) is 6.42 Å². The van der Waals surface area contributed by atoms with E-state index in [0.717, 1.165) is 6.42 Å². The van der Waals surface area contributed by atoms with Gasteiger partial charge >= 0.3 is 0 Å². The highest BCUT2D eigenvalue weighted by atomic mass is 79.9. The Labute approximate surface area is 68.5 Å². The molecule has 0 nitrogen and oxygen atoms in total. The first-order valence-corrected chi connectivity index (χ1v) is 4.97. The summed E-state index contributed by atoms with van der Waals surface area (Å²) in [5.41, 5.74) is 0. The van der Waals surface area contributed by atoms with Gasteiger partial charge in [0.25, 0.3) is 0 Å². The second kappa shape index (κ2) is 3.47. The Morgan fingerprint density at radius 1 is 1.78 bits per heavy atom. The van der Waals surface area contributed by atoms with Gasteiger partial charge in [-0.3, -0.25) is 0 Å². The molecule has 0 aromatic rings. The van der Waals surface area contributed by atoms with Crippen LogP contribution in [0.15, 0.2) is 22.7 Å². The van der Waals surface area contributed by atoms with Gasteiger partial charge < -0.3 is 0 Å². The van der Waals surface area contributed by atoms with Crippen LogP contribution in [-0.2, 0) is 0 Å². The van der Waals surface area contributed by atoms with Gasteiger partial charge in [-0.1, -0.05) is 34.2 Å². The SMILES string of the molecule is CSC1C=CC(Br)=CC1. The zero-order chi connectivity index (χ0) is 6.69. The third kappa shape index (κ3) is 2.18. The lowest BCUT2D eigenvalue weighted by molar-refractivity contribution is 1.06. The average molecular weight is 205 g/mol. The van der Waals surface area contributed by atoms with Crippen molar-refractivity contribution in [3.63, 3.8) is 0 Å². The molecule has 0 heterocycles. The van der Waals surface area contributed by atoms with Gasteiger partial charge in [0.15, 0.2) is 0 Å². The maximum atomic E-state index is 3.41. The Morgan fingerprint density at radius 3 is 3.00 bits per heavy atom. The number of rotatable bonds is 1. The topological polar surface area (TPSA) is 0 Å². The molecule has 0 aromatic heterocycles. The second-order valence-corrected chi connectivity index (χ2v) is 3.95. The van der Waals surface area contributed by atoms with E-state index in [0.29, 0.717) is 5.25 Å². The number of hydrogen-bond donors (Lipinski definition) is 0. The largest absolute Gasteiger partial charge is 0.158 e. The minimum Gasteiger partial charge on any atom is -0.158 e. The van der Waals surface area contributed by atoms with Crippen molar-refractivity contribution in [3.05, 3.63) is 22.7 Å². The molecule has 1 aliphatic rings. The molecule has 1 unspecified atom stereocenters. The molecule has 0 amide bonds. The van der Waals surface area contributed by atoms with E-state index < -0.39 is 0 Å². The van der Waals surface area contributed by atoms with Crippen LogP contribution in [0.4, 0.5) is 0 Å². The fraction of sp³-hybridized carbons (Fsp3) is 0.429. The highest BCUT2D eigenvalue weighted by Gasteiger charge is 2.03. The third-order valence-corrected chi connectivity index (χ3v) is 2.86. The molecule has 1 atom stereocenters. The van der Waals surface area contributed by atoms with Crippen LogP contribution in [0.25, 0.3) is 0 Å². The van der Waals surface area contributed by atoms with E-state index in [1.165, 1.54) is 4.48 Å². The van der Waals surface area contributed by atoms with Gasteiger partial charge in [-0.2, -0.15) is 11.8 Å². The lowest BCUT2D eigenvalue weighted by Gasteiger charge is -2.09. The van der Waals surface area contributed by atoms with Crippen LogP contribution < -0.4 is 0 Å². The van der Waals surface area contributed by atoms with E-state index in [9.17, 15) is 0 Å². The molecule has 0 aliphatic heterocycles. The zero-order valence-corrected chi connectivity index (χ0v) is 7.71. The summed E-state index contributed by atoms with van der Waals surface area (Å²) in [6.45, 7) is 0. The maximum absolute atomic E-state index is 3.41. The minimum absolute atomic E-state index is 0.700. The minimum atomic E-state index is 0.700. The van der Waals surface area contributed by atoms with Crippen molar-refractivity contribution in [2.45, 2.75) is 11.7 Å². The monoisotopic (exact) mass is 204 g/mol. The highest BCUT2D eigenvalue weighted by molar-refractivity contribution is 9.11. The summed E-state index contributed by atoms with van der Waals surface area (Å²) in [6, 6.07) is 0. The van der Waals surface area contributed by atoms with E-state index >= 15 is 0 Å². The van der Waals surface area contributed by atoms with Crippen LogP contribution in [0.5, 0.6) is 0 Å². The Balaban J connectivity index is 2.48. The molecule has 2 heteroatoms. The van der Waals surface area contributed by atoms with Crippen LogP contribution in [0, 0.1) is 0 Å². The van der Waals surface area contributed by atoms with Gasteiger partial charge in [0, 0.05) is 9.73 Å². The highest BCUT2D eigenvalue weighted by Crippen LogP contribution is 2.22. The molecule has 0 saturated heterocycles. The molecule has 0 bridgehead atoms. The standard InChI is InChI=1S/C7H9BrS/c1-9-7-4-2-6(8)3-5-7/h2-4,7H,5H2,1H3. The van der Waals surface area contributed by atoms with Crippen molar-refractivity contribution in [1.29, 1.82) is 0 Å². The fourth-order valence-corrected chi connectivity index (χ4v) is 1.61. The van der Waals surface area contributed by atoms with Crippen LogP contribution in [-0.4, -0.2) is 11.5 Å². The van der Waals surface area contributed by atoms with Crippen LogP contribution >= 0.6 is 27.7 Å². The number of thioether (sulfide) groups is 1. The molecule has 0 radical (unpaired) electrons. The van der Waals surface area contributed by atoms with Crippen molar-refractivity contribution in [2.75, 3.05) is 6.26 Å². The predicted octanol–water partition coefficient (Wildman–Crippen LogP) is 2.96. The van der Waals surface area contributed by atoms with E-state index in [-0.39, 0.29) is 0 Å². The molecule has 50 valence electrons. The number of allylic oxidation sites excluding steroid dienone is 3. The molecule has 0 N–H and O–H groups in total. The normalized spacial score (nSPS) is 26.0. The van der Waals surface area contributed by atoms with Gasteiger partial charge in [-0.25, -0.2) is 0 Å². The van der Waals surface area contributed by atoms with Crippen LogP contribution in [0.3, 0.4) is 0 Å². The average Bonchev–Trinajstić information content (AvgIpc) is 1.90. The van der Waals surface area contributed by atoms with Crippen molar-refractivity contribution >= 4 is 27.7 Å². The summed E-state index contributed by atoms with van der Waals surface area (Å²) >= 11 is 5.31. The van der Waals surface area contributed by atoms with Crippen LogP contribution in [0.2, 0.25) is 0 Å². The Morgan fingerprint density at radius 2 is 2.56 bits per heavy atom. The number of halogens is 1. The summed E-state index contributed by atoms with van der Waals surface area (Å²) in [5.74, 6) is 0. The molecule has 0 aromatic carbocycles. The summed E-state index contributed by atoms with van der Waals surface area (Å²) in [6.07, 6.45) is 9.86. The van der Waals surface area contributed by atoms with E-state index in [1.807, 2.05) is 11.8 Å². The van der Waals surface area contributed by atoms with Gasteiger partial charge in [0.05, 0.1) is 0 Å². The van der Waals surface area contributed by atoms with Crippen molar-refractivity contribution in [3.8, 4) is 0 Å². The smallest absolute Gasteiger partial charge is 0.0262 e. The predicted molar refractivity (Wildman–Crippen MR) is 48.1 cm³/mol. The molecular weight excluding hydrogens is 196 g/mol. The lowest BCUT2D eigenvalue weighted by atomic mass is 10.2. The van der Waals surface area contributed by atoms with E-state index in [2.05, 4.69) is 40.4 Å². The first-order valence-electron chi connectivity index (χ1n) is 2.89. The van der Waals surface area contributed by atoms with Gasteiger partial charge in [0.1, 0.15) is 0 Å². The quantitative estimate of drug-likeness (QED) is 0.634. The third-order valence-electron chi connectivity index (χ3n) is 1.32. The second-order valence-electron chi connectivity index (χ2n) is 1.96. The Bertz CT molecular complexity index is 149. The number of hydrogen-bond acceptors (Lipinski definition) is 1. The first-order chi connectivity index (χ1) is 4.33. The summed E-state index contributed by atoms with van der Waals surface area (Å²) in [5, 5.41) is 0.700. The van der Waals surface area contributed by atoms with Crippen molar-refractivity contribution in [2.24, 2.45) is 0 Å². The summed E-state index contributed by atoms with van der Waals surface area (Å²) in [4.78, 5) is 0. The summed E-state index contributed by atoms with van der Waals surface area (Å²) < 4.78 is 1.22. The Hall–Kier alpha value is 0.310. The summed E-state index contributed by atoms with van der Waals surface area (Å²) in [7, 11) is 0.